The number of hydrogen-bond acceptors (Lipinski definition) is 15. The van der Waals surface area contributed by atoms with E-state index in [0.717, 1.165) is 5.57 Å². The van der Waals surface area contributed by atoms with E-state index in [1.807, 2.05) is 23.1 Å². The number of ether oxygens (including phenoxy) is 1. The molecule has 3 aliphatic rings. The number of hydrogen-bond donors (Lipinski definition) is 10. The third-order valence-corrected chi connectivity index (χ3v) is 12.1. The topological polar surface area (TPSA) is 354 Å². The lowest BCUT2D eigenvalue weighted by atomic mass is 9.81. The molecular weight excluding hydrogens is 911 g/mol. The number of allylic oxidation sites excluding steroid dienone is 3. The molecule has 0 aromatic rings. The Kier molecular flexibility index (Phi) is 25.7. The van der Waals surface area contributed by atoms with Crippen LogP contribution in [0.25, 0.3) is 0 Å². The monoisotopic (exact) mass is 979 g/mol. The van der Waals surface area contributed by atoms with Gasteiger partial charge in [0.15, 0.2) is 6.23 Å². The maximum Gasteiger partial charge on any atom is 0.326 e. The fourth-order valence-electron chi connectivity index (χ4n) is 8.23. The first-order chi connectivity index (χ1) is 32.9. The molecule has 0 spiro atoms. The van der Waals surface area contributed by atoms with Crippen molar-refractivity contribution >= 4 is 60.1 Å². The Morgan fingerprint density at radius 3 is 1.68 bits per heavy atom. The van der Waals surface area contributed by atoms with Crippen LogP contribution in [0.4, 0.5) is 4.79 Å². The molecule has 0 aromatic carbocycles. The lowest BCUT2D eigenvalue weighted by Crippen LogP contribution is -2.50. The number of nitrogens with zero attached hydrogens (tertiary/aromatic N) is 4. The molecule has 386 valence electrons. The highest BCUT2D eigenvalue weighted by Crippen LogP contribution is 2.29. The summed E-state index contributed by atoms with van der Waals surface area (Å²) in [5.41, 5.74) is 0.897. The third-order valence-electron chi connectivity index (χ3n) is 12.1. The van der Waals surface area contributed by atoms with Crippen molar-refractivity contribution in [3.05, 3.63) is 23.8 Å². The van der Waals surface area contributed by atoms with Gasteiger partial charge in [-0.25, -0.2) is 9.59 Å². The number of urea groups is 1. The Morgan fingerprint density at radius 2 is 1.20 bits per heavy atom. The average Bonchev–Trinajstić information content (AvgIpc) is 3.80. The molecule has 3 rings (SSSR count). The van der Waals surface area contributed by atoms with E-state index < -0.39 is 66.5 Å². The molecule has 5 amide bonds. The minimum atomic E-state index is -1.48. The van der Waals surface area contributed by atoms with Gasteiger partial charge in [0.25, 0.3) is 6.47 Å². The fraction of sp³-hybridized carbons (Fsp3) is 0.682. The van der Waals surface area contributed by atoms with E-state index in [-0.39, 0.29) is 121 Å². The molecule has 3 atom stereocenters. The highest BCUT2D eigenvalue weighted by atomic mass is 16.5. The van der Waals surface area contributed by atoms with Crippen LogP contribution in [-0.2, 0) is 47.9 Å². The second-order valence-corrected chi connectivity index (χ2v) is 17.4. The summed E-state index contributed by atoms with van der Waals surface area (Å²) in [4.78, 5) is 128. The van der Waals surface area contributed by atoms with Gasteiger partial charge in [0.1, 0.15) is 12.1 Å². The molecule has 0 aromatic heterocycles. The number of carboxylic acid groups (broad SMARTS) is 5. The first kappa shape index (κ1) is 57.1. The predicted octanol–water partition coefficient (Wildman–Crippen LogP) is -1.45. The second-order valence-electron chi connectivity index (χ2n) is 17.4. The molecule has 25 heteroatoms. The number of unbranched alkanes of at least 4 members (excludes halogenated alkanes) is 1. The van der Waals surface area contributed by atoms with Crippen molar-refractivity contribution in [2.75, 3.05) is 91.6 Å². The van der Waals surface area contributed by atoms with E-state index >= 15 is 0 Å². The van der Waals surface area contributed by atoms with Gasteiger partial charge in [-0.15, -0.1) is 0 Å². The lowest BCUT2D eigenvalue weighted by Gasteiger charge is -2.33. The predicted molar refractivity (Wildman–Crippen MR) is 243 cm³/mol. The Hall–Kier alpha value is -6.18. The first-order valence-electron chi connectivity index (χ1n) is 23.3. The van der Waals surface area contributed by atoms with Gasteiger partial charge >= 0.3 is 35.9 Å². The van der Waals surface area contributed by atoms with Gasteiger partial charge < -0.3 is 56.9 Å². The molecule has 69 heavy (non-hydrogen) atoms. The molecule has 2 fully saturated rings. The normalized spacial score (nSPS) is 20.0. The maximum atomic E-state index is 13.6. The smallest absolute Gasteiger partial charge is 0.326 e. The Labute approximate surface area is 400 Å². The molecule has 1 heterocycles. The van der Waals surface area contributed by atoms with Crippen molar-refractivity contribution in [3.8, 4) is 0 Å². The number of carbonyl (C=O) groups excluding carboxylic acids is 5. The average molecular weight is 980 g/mol. The Bertz CT molecular complexity index is 1790. The molecule has 1 saturated heterocycles. The van der Waals surface area contributed by atoms with Gasteiger partial charge in [0.2, 0.25) is 17.7 Å². The largest absolute Gasteiger partial charge is 0.481 e. The van der Waals surface area contributed by atoms with Crippen LogP contribution in [0.5, 0.6) is 0 Å². The summed E-state index contributed by atoms with van der Waals surface area (Å²) < 4.78 is 4.90. The quantitative estimate of drug-likeness (QED) is 0.0243. The van der Waals surface area contributed by atoms with Gasteiger partial charge in [-0.1, -0.05) is 18.2 Å². The summed E-state index contributed by atoms with van der Waals surface area (Å²) in [5.74, 6) is -6.99. The molecule has 25 nitrogen and oxygen atoms in total. The summed E-state index contributed by atoms with van der Waals surface area (Å²) in [6, 6.07) is -3.33. The highest BCUT2D eigenvalue weighted by molar-refractivity contribution is 5.89. The van der Waals surface area contributed by atoms with Crippen LogP contribution in [0.3, 0.4) is 0 Å². The minimum Gasteiger partial charge on any atom is -0.481 e. The molecule has 10 N–H and O–H groups in total. The summed E-state index contributed by atoms with van der Waals surface area (Å²) >= 11 is 0. The van der Waals surface area contributed by atoms with Crippen molar-refractivity contribution in [2.24, 2.45) is 11.8 Å². The molecule has 0 radical (unpaired) electrons. The molecule has 2 aliphatic carbocycles. The van der Waals surface area contributed by atoms with E-state index in [0.29, 0.717) is 64.6 Å². The van der Waals surface area contributed by atoms with Gasteiger partial charge in [-0.05, 0) is 62.9 Å². The zero-order valence-corrected chi connectivity index (χ0v) is 38.9. The minimum absolute atomic E-state index is 0.0137. The van der Waals surface area contributed by atoms with Gasteiger partial charge in [-0.3, -0.25) is 58.0 Å². The Balaban J connectivity index is 1.48. The molecule has 0 unspecified atom stereocenters. The number of amides is 5. The fourth-order valence-corrected chi connectivity index (χ4v) is 8.23. The molecule has 1 saturated carbocycles. The zero-order chi connectivity index (χ0) is 50.7. The van der Waals surface area contributed by atoms with E-state index in [4.69, 9.17) is 9.84 Å². The number of aliphatic carboxylic acids is 5. The maximum absolute atomic E-state index is 13.6. The third kappa shape index (κ3) is 24.1. The van der Waals surface area contributed by atoms with Gasteiger partial charge in [0.05, 0.1) is 26.2 Å². The molecular formula is C44H69N9O16. The highest BCUT2D eigenvalue weighted by Gasteiger charge is 2.31. The van der Waals surface area contributed by atoms with E-state index in [2.05, 4.69) is 26.6 Å². The summed E-state index contributed by atoms with van der Waals surface area (Å²) in [5, 5.41) is 59.8. The summed E-state index contributed by atoms with van der Waals surface area (Å²) in [7, 11) is 0. The van der Waals surface area contributed by atoms with Crippen LogP contribution >= 0.6 is 0 Å². The van der Waals surface area contributed by atoms with Crippen molar-refractivity contribution in [2.45, 2.75) is 88.9 Å². The van der Waals surface area contributed by atoms with Crippen molar-refractivity contribution in [1.29, 1.82) is 0 Å². The van der Waals surface area contributed by atoms with Gasteiger partial charge in [0, 0.05) is 90.6 Å². The standard InChI is InChI=1S/C44H69N9O16/c54-29-69-36(49-44(68)48-33(43(66)67)12-13-37(56)57)7-3-4-14-45-42(65)34(23-30-5-1-2-6-30)47-41(64)32-10-8-31(9-11-32)24-46-35(55)25-50-15-17-51(26-38(58)59)19-21-53(28-40(62)63)22-20-52(18-16-50)27-39(60)61/h1,5-6,29,31-34,36H,2-4,7-28H2,(H,45,65)(H,46,55)(H,47,64)(H,56,57)(H,58,59)(H,60,61)(H,62,63)(H,66,67)(H2,48,49,68)/t31?,32?,33-,34-,36+/m0/s1. The number of carboxylic acids is 5. The van der Waals surface area contributed by atoms with Crippen LogP contribution in [0.2, 0.25) is 0 Å². The van der Waals surface area contributed by atoms with Crippen molar-refractivity contribution in [3.63, 3.8) is 0 Å². The summed E-state index contributed by atoms with van der Waals surface area (Å²) in [6.45, 7) is 2.07. The van der Waals surface area contributed by atoms with Crippen molar-refractivity contribution < 1.29 is 78.2 Å². The zero-order valence-electron chi connectivity index (χ0n) is 38.9. The van der Waals surface area contributed by atoms with Gasteiger partial charge in [-0.2, -0.15) is 0 Å². The van der Waals surface area contributed by atoms with Crippen LogP contribution in [0.15, 0.2) is 23.8 Å². The van der Waals surface area contributed by atoms with Crippen LogP contribution in [0, 0.1) is 11.8 Å². The van der Waals surface area contributed by atoms with Crippen LogP contribution in [-0.4, -0.2) is 215 Å². The van der Waals surface area contributed by atoms with E-state index in [1.54, 1.807) is 14.7 Å². The number of rotatable bonds is 28. The summed E-state index contributed by atoms with van der Waals surface area (Å²) in [6.07, 6.45) is 8.02. The SMILES string of the molecule is O=CO[C@H](CCCCNC(=O)[C@H](CC1=CCC=C1)NC(=O)C1CCC(CNC(=O)CN2CCN(CC(=O)O)CCN(CC(=O)O)CCN(CC(=O)O)CC2)CC1)NC(=O)N[C@@H](CCC(=O)O)C(=O)O. The molecule has 0 bridgehead atoms. The second kappa shape index (κ2) is 31.0. The first-order valence-corrected chi connectivity index (χ1v) is 23.3. The lowest BCUT2D eigenvalue weighted by molar-refractivity contribution is -0.141. The van der Waals surface area contributed by atoms with Crippen LogP contribution < -0.4 is 26.6 Å². The Morgan fingerprint density at radius 1 is 0.652 bits per heavy atom. The van der Waals surface area contributed by atoms with E-state index in [1.165, 1.54) is 0 Å². The molecule has 1 aliphatic heterocycles. The number of nitrogens with one attached hydrogen (secondary N) is 5. The van der Waals surface area contributed by atoms with Crippen molar-refractivity contribution in [1.82, 2.24) is 46.2 Å². The van der Waals surface area contributed by atoms with E-state index in [9.17, 15) is 68.4 Å². The van der Waals surface area contributed by atoms with Crippen LogP contribution in [0.1, 0.15) is 70.6 Å². The number of carbonyl (C=O) groups is 10.